The summed E-state index contributed by atoms with van der Waals surface area (Å²) in [7, 11) is -1.61. The molecule has 0 aromatic heterocycles. The van der Waals surface area contributed by atoms with E-state index in [9.17, 15) is 9.59 Å². The molecule has 0 rings (SSSR count). The fourth-order valence-electron chi connectivity index (χ4n) is 0.107. The minimum absolute atomic E-state index is 0.986. The van der Waals surface area contributed by atoms with Gasteiger partial charge in [-0.1, -0.05) is 0 Å². The predicted molar refractivity (Wildman–Crippen MR) is 33.7 cm³/mol. The summed E-state index contributed by atoms with van der Waals surface area (Å²) in [4.78, 5) is 33.6. The fourth-order valence-corrected chi connectivity index (χ4v) is 0.107. The van der Waals surface area contributed by atoms with Crippen LogP contribution in [0.25, 0.3) is 0 Å². The summed E-state index contributed by atoms with van der Waals surface area (Å²) < 4.78 is 8.70. The molecule has 0 aliphatic heterocycles. The second-order valence-corrected chi connectivity index (χ2v) is 1.64. The first-order valence-electron chi connectivity index (χ1n) is 2.21. The molecule has 0 unspecified atom stereocenters. The van der Waals surface area contributed by atoms with Crippen LogP contribution in [0.2, 0.25) is 0 Å². The molecule has 0 radical (unpaired) electrons. The molecule has 1 amide bonds. The van der Waals surface area contributed by atoms with Crippen molar-refractivity contribution >= 4 is 20.1 Å². The van der Waals surface area contributed by atoms with E-state index < -0.39 is 20.1 Å². The molecule has 0 aromatic rings. The Labute approximate surface area is 62.6 Å². The summed E-state index contributed by atoms with van der Waals surface area (Å²) in [5, 5.41) is 9.70. The van der Waals surface area contributed by atoms with Crippen LogP contribution >= 0.6 is 8.25 Å². The van der Waals surface area contributed by atoms with Crippen molar-refractivity contribution in [3.05, 3.63) is 0 Å². The highest BCUT2D eigenvalue weighted by atomic mass is 31.1. The van der Waals surface area contributed by atoms with Crippen LogP contribution in [-0.2, 0) is 14.2 Å². The van der Waals surface area contributed by atoms with Gasteiger partial charge in [0.25, 0.3) is 0 Å². The molecule has 0 bridgehead atoms. The first-order chi connectivity index (χ1) is 4.91. The molecule has 0 aliphatic rings. The largest absolute Gasteiger partial charge is 0.692 e. The number of amides is 1. The molecule has 0 saturated heterocycles. The number of nitrogens with one attached hydrogen (secondary N) is 1. The van der Waals surface area contributed by atoms with Crippen molar-refractivity contribution in [3.63, 3.8) is 0 Å². The number of aliphatic carboxylic acids is 1. The van der Waals surface area contributed by atoms with Gasteiger partial charge in [-0.3, -0.25) is 4.79 Å². The third-order valence-electron chi connectivity index (χ3n) is 0.421. The van der Waals surface area contributed by atoms with Gasteiger partial charge < -0.3 is 10.4 Å². The lowest BCUT2D eigenvalue weighted by molar-refractivity contribution is -0.149. The van der Waals surface area contributed by atoms with Crippen LogP contribution in [0.15, 0.2) is 0 Å². The maximum absolute atomic E-state index is 9.80. The zero-order chi connectivity index (χ0) is 9.44. The first-order valence-corrected chi connectivity index (χ1v) is 3.38. The monoisotopic (exact) mass is 184 g/mol. The molecule has 64 valence electrons. The Morgan fingerprint density at radius 1 is 1.36 bits per heavy atom. The van der Waals surface area contributed by atoms with Gasteiger partial charge >= 0.3 is 20.1 Å². The van der Waals surface area contributed by atoms with Crippen molar-refractivity contribution in [1.82, 2.24) is 5.32 Å². The number of carboxylic acids is 1. The van der Waals surface area contributed by atoms with Crippen molar-refractivity contribution in [3.8, 4) is 0 Å². The maximum atomic E-state index is 9.80. The number of carbonyl (C=O) groups is 2. The standard InChI is InChI=1S/C3H5NO3.HO3P/c1-4-2(5)3(6)7;1-4(2)3/h1H3,(H,4,5)(H,6,7);(H-,1,2,3)/p+1. The van der Waals surface area contributed by atoms with Gasteiger partial charge in [-0.05, 0) is 0 Å². The highest BCUT2D eigenvalue weighted by Gasteiger charge is 2.04. The number of hydrogen-bond acceptors (Lipinski definition) is 3. The van der Waals surface area contributed by atoms with Crippen LogP contribution in [0.1, 0.15) is 0 Å². The topological polar surface area (TPSA) is 124 Å². The zero-order valence-corrected chi connectivity index (χ0v) is 6.41. The van der Waals surface area contributed by atoms with Crippen molar-refractivity contribution in [2.45, 2.75) is 0 Å². The normalized spacial score (nSPS) is 7.18. The zero-order valence-electron chi connectivity index (χ0n) is 5.51. The lowest BCUT2D eigenvalue weighted by Gasteiger charge is -1.85. The maximum Gasteiger partial charge on any atom is 0.692 e. The van der Waals surface area contributed by atoms with Crippen molar-refractivity contribution in [2.24, 2.45) is 0 Å². The van der Waals surface area contributed by atoms with Crippen LogP contribution in [0.4, 0.5) is 0 Å². The van der Waals surface area contributed by atoms with Crippen LogP contribution in [0.3, 0.4) is 0 Å². The lowest BCUT2D eigenvalue weighted by Crippen LogP contribution is -2.26. The average molecular weight is 184 g/mol. The smallest absolute Gasteiger partial charge is 0.474 e. The molecule has 4 N–H and O–H groups in total. The van der Waals surface area contributed by atoms with Crippen LogP contribution in [0, 0.1) is 0 Å². The van der Waals surface area contributed by atoms with E-state index in [1.807, 2.05) is 5.32 Å². The molecule has 0 heterocycles. The van der Waals surface area contributed by atoms with E-state index in [1.54, 1.807) is 0 Å². The van der Waals surface area contributed by atoms with E-state index >= 15 is 0 Å². The van der Waals surface area contributed by atoms with Gasteiger partial charge in [0.2, 0.25) is 0 Å². The first kappa shape index (κ1) is 12.6. The van der Waals surface area contributed by atoms with Gasteiger partial charge in [-0.25, -0.2) is 4.79 Å². The van der Waals surface area contributed by atoms with Crippen molar-refractivity contribution in [1.29, 1.82) is 0 Å². The molecule has 0 spiro atoms. The van der Waals surface area contributed by atoms with Crippen LogP contribution in [-0.4, -0.2) is 33.8 Å². The van der Waals surface area contributed by atoms with Gasteiger partial charge in [0.05, 0.1) is 0 Å². The summed E-state index contributed by atoms with van der Waals surface area (Å²) >= 11 is 0. The van der Waals surface area contributed by atoms with Gasteiger partial charge in [0, 0.05) is 11.6 Å². The van der Waals surface area contributed by atoms with Crippen molar-refractivity contribution in [2.75, 3.05) is 7.05 Å². The number of carboxylic acid groups (broad SMARTS) is 1. The van der Waals surface area contributed by atoms with E-state index in [4.69, 9.17) is 19.5 Å². The number of rotatable bonds is 0. The predicted octanol–water partition coefficient (Wildman–Crippen LogP) is -1.55. The minimum atomic E-state index is -2.87. The van der Waals surface area contributed by atoms with E-state index in [2.05, 4.69) is 0 Å². The number of likely N-dealkylation sites (N-methyl/N-ethyl adjacent to an activating group) is 1. The lowest BCUT2D eigenvalue weighted by atomic mass is 10.6. The number of carbonyl (C=O) groups excluding carboxylic acids is 1. The molecule has 0 aliphatic carbocycles. The fraction of sp³-hybridized carbons (Fsp3) is 0.333. The molecule has 11 heavy (non-hydrogen) atoms. The SMILES string of the molecule is CNC(=O)C(=O)O.O=[P+](O)O. The average Bonchev–Trinajstić information content (AvgIpc) is 1.85. The van der Waals surface area contributed by atoms with E-state index in [-0.39, 0.29) is 0 Å². The van der Waals surface area contributed by atoms with Gasteiger partial charge in [-0.2, -0.15) is 0 Å². The Morgan fingerprint density at radius 3 is 1.64 bits per heavy atom. The Bertz CT molecular complexity index is 163. The minimum Gasteiger partial charge on any atom is -0.474 e. The highest BCUT2D eigenvalue weighted by molar-refractivity contribution is 7.30. The van der Waals surface area contributed by atoms with E-state index in [0.717, 1.165) is 0 Å². The van der Waals surface area contributed by atoms with E-state index in [1.165, 1.54) is 7.05 Å². The molecular formula is C3H7NO6P+. The Morgan fingerprint density at radius 2 is 1.64 bits per heavy atom. The summed E-state index contributed by atoms with van der Waals surface area (Å²) in [6, 6.07) is 0. The Kier molecular flexibility index (Phi) is 8.11. The Balaban J connectivity index is 0. The third kappa shape index (κ3) is 17.6. The van der Waals surface area contributed by atoms with Crippen LogP contribution < -0.4 is 5.32 Å². The highest BCUT2D eigenvalue weighted by Crippen LogP contribution is 1.98. The molecule has 8 heteroatoms. The van der Waals surface area contributed by atoms with Gasteiger partial charge in [-0.15, -0.1) is 9.79 Å². The summed E-state index contributed by atoms with van der Waals surface area (Å²) in [5.74, 6) is -2.44. The van der Waals surface area contributed by atoms with E-state index in [0.29, 0.717) is 0 Å². The molecule has 0 aromatic carbocycles. The summed E-state index contributed by atoms with van der Waals surface area (Å²) in [6.45, 7) is 0. The molecule has 0 saturated carbocycles. The quantitative estimate of drug-likeness (QED) is 0.266. The summed E-state index contributed by atoms with van der Waals surface area (Å²) in [5.41, 5.74) is 0. The summed E-state index contributed by atoms with van der Waals surface area (Å²) in [6.07, 6.45) is 0. The van der Waals surface area contributed by atoms with Crippen LogP contribution in [0.5, 0.6) is 0 Å². The van der Waals surface area contributed by atoms with Gasteiger partial charge in [0.15, 0.2) is 0 Å². The second-order valence-electron chi connectivity index (χ2n) is 1.14. The Hall–Kier alpha value is -1.04. The van der Waals surface area contributed by atoms with Gasteiger partial charge in [0.1, 0.15) is 0 Å². The molecular weight excluding hydrogens is 177 g/mol. The molecule has 0 fully saturated rings. The second kappa shape index (κ2) is 7.07. The number of hydrogen-bond donors (Lipinski definition) is 4. The van der Waals surface area contributed by atoms with Crippen molar-refractivity contribution < 1.29 is 29.0 Å². The molecule has 0 atom stereocenters. The molecule has 7 nitrogen and oxygen atoms in total. The third-order valence-corrected chi connectivity index (χ3v) is 0.421.